The van der Waals surface area contributed by atoms with Crippen LogP contribution in [0.1, 0.15) is 144 Å². The maximum Gasteiger partial charge on any atom is 0.309 e. The summed E-state index contributed by atoms with van der Waals surface area (Å²) in [6.45, 7) is 20.6. The zero-order valence-electron chi connectivity index (χ0n) is 36.0. The van der Waals surface area contributed by atoms with Crippen molar-refractivity contribution in [2.45, 2.75) is 152 Å². The van der Waals surface area contributed by atoms with E-state index in [0.717, 1.165) is 74.2 Å². The van der Waals surface area contributed by atoms with E-state index in [1.807, 2.05) is 19.1 Å². The molecule has 310 valence electrons. The molecule has 0 spiro atoms. The summed E-state index contributed by atoms with van der Waals surface area (Å²) < 4.78 is 8.10. The smallest absolute Gasteiger partial charge is 0.309 e. The third-order valence-corrected chi connectivity index (χ3v) is 16.2. The number of carboxylic acids is 1. The number of nitrogens with zero attached hydrogens (tertiary/aromatic N) is 4. The maximum absolute atomic E-state index is 14.3. The lowest BCUT2D eigenvalue weighted by molar-refractivity contribution is -0.187. The third-order valence-electron chi connectivity index (χ3n) is 16.2. The summed E-state index contributed by atoms with van der Waals surface area (Å²) in [4.78, 5) is 39.0. The summed E-state index contributed by atoms with van der Waals surface area (Å²) in [6, 6.07) is 9.64. The van der Waals surface area contributed by atoms with E-state index >= 15 is 0 Å². The van der Waals surface area contributed by atoms with Crippen LogP contribution in [0.5, 0.6) is 0 Å². The molecule has 2 aromatic rings. The Morgan fingerprint density at radius 1 is 1.07 bits per heavy atom. The summed E-state index contributed by atoms with van der Waals surface area (Å²) in [6.07, 6.45) is 9.57. The Bertz CT molecular complexity index is 1940. The molecule has 10 nitrogen and oxygen atoms in total. The van der Waals surface area contributed by atoms with Crippen molar-refractivity contribution in [1.29, 1.82) is 5.26 Å². The van der Waals surface area contributed by atoms with Crippen LogP contribution in [0, 0.1) is 62.1 Å². The predicted molar refractivity (Wildman–Crippen MR) is 220 cm³/mol. The number of carbonyl (C=O) groups is 3. The predicted octanol–water partition coefficient (Wildman–Crippen LogP) is 9.10. The number of aliphatic carboxylic acids is 1. The molecule has 6 rings (SSSR count). The largest absolute Gasteiger partial charge is 0.481 e. The van der Waals surface area contributed by atoms with Crippen LogP contribution in [0.4, 0.5) is 0 Å². The number of allylic oxidation sites excluding steroid dienone is 2. The van der Waals surface area contributed by atoms with Crippen molar-refractivity contribution in [3.05, 3.63) is 46.8 Å². The van der Waals surface area contributed by atoms with Crippen molar-refractivity contribution in [2.24, 2.45) is 56.5 Å². The van der Waals surface area contributed by atoms with Gasteiger partial charge < -0.3 is 20.1 Å². The van der Waals surface area contributed by atoms with Crippen LogP contribution in [0.25, 0.3) is 11.4 Å². The number of rotatable bonds is 14. The van der Waals surface area contributed by atoms with Gasteiger partial charge in [-0.05, 0) is 141 Å². The fourth-order valence-electron chi connectivity index (χ4n) is 12.4. The van der Waals surface area contributed by atoms with Gasteiger partial charge in [-0.15, -0.1) is 10.2 Å². The molecule has 3 saturated carbocycles. The van der Waals surface area contributed by atoms with Crippen molar-refractivity contribution in [1.82, 2.24) is 14.8 Å². The Kier molecular flexibility index (Phi) is 11.8. The van der Waals surface area contributed by atoms with Crippen LogP contribution < -0.4 is 5.73 Å². The van der Waals surface area contributed by atoms with Crippen LogP contribution in [-0.4, -0.2) is 50.2 Å². The number of aromatic nitrogens is 3. The molecule has 0 bridgehead atoms. The summed E-state index contributed by atoms with van der Waals surface area (Å²) in [7, 11) is 0. The summed E-state index contributed by atoms with van der Waals surface area (Å²) in [5, 5.41) is 28.5. The highest BCUT2D eigenvalue weighted by molar-refractivity contribution is 6.00. The molecule has 1 aromatic carbocycles. The van der Waals surface area contributed by atoms with Gasteiger partial charge in [0.15, 0.2) is 11.6 Å². The topological polar surface area (TPSA) is 161 Å². The monoisotopic (exact) mass is 782 g/mol. The molecular formula is C47H67N5O5. The van der Waals surface area contributed by atoms with Gasteiger partial charge in [-0.3, -0.25) is 14.4 Å². The number of nitrogens with two attached hydrogens (primary N) is 1. The lowest BCUT2D eigenvalue weighted by Gasteiger charge is -2.69. The van der Waals surface area contributed by atoms with Crippen molar-refractivity contribution >= 4 is 17.7 Å². The van der Waals surface area contributed by atoms with Crippen LogP contribution >= 0.6 is 0 Å². The van der Waals surface area contributed by atoms with Crippen LogP contribution in [0.2, 0.25) is 0 Å². The molecule has 0 radical (unpaired) electrons. The van der Waals surface area contributed by atoms with Gasteiger partial charge >= 0.3 is 11.9 Å². The highest BCUT2D eigenvalue weighted by atomic mass is 16.5. The second kappa shape index (κ2) is 15.7. The number of esters is 1. The molecule has 0 amide bonds. The Morgan fingerprint density at radius 3 is 2.39 bits per heavy atom. The number of carboxylic acid groups (broad SMARTS) is 1. The standard InChI is InChI=1S/C47H67N5O5/c1-10-33(57-38(54)27-43(5,6)42(55)56)18-19-44(7)30(4)17-20-46(9)36(44)16-15-34-40-39(29(2)3)35(53)25-47(40,22-21-45(34,46)8)26-37-50-51-41(52(37)24-23-48)32-13-11-31(28-49)12-14-32/h11-14,29-30,33-34,36H,10,15-27,48H2,1-9H3,(H,55,56)/t30-,33-,34-,36-,44+,45-,46-,47+/m1/s1. The second-order valence-electron chi connectivity index (χ2n) is 20.0. The summed E-state index contributed by atoms with van der Waals surface area (Å²) >= 11 is 0. The number of hydrogen-bond donors (Lipinski definition) is 2. The summed E-state index contributed by atoms with van der Waals surface area (Å²) in [5.41, 5.74) is 8.74. The van der Waals surface area contributed by atoms with Crippen molar-refractivity contribution in [2.75, 3.05) is 6.54 Å². The van der Waals surface area contributed by atoms with Crippen LogP contribution in [-0.2, 0) is 32.1 Å². The van der Waals surface area contributed by atoms with E-state index in [9.17, 15) is 24.8 Å². The average molecular weight is 782 g/mol. The first-order valence-corrected chi connectivity index (χ1v) is 21.6. The van der Waals surface area contributed by atoms with Gasteiger partial charge in [0.05, 0.1) is 23.5 Å². The van der Waals surface area contributed by atoms with Crippen molar-refractivity contribution in [3.63, 3.8) is 0 Å². The van der Waals surface area contributed by atoms with Gasteiger partial charge in [-0.25, -0.2) is 0 Å². The van der Waals surface area contributed by atoms with Crippen LogP contribution in [0.3, 0.4) is 0 Å². The highest BCUT2D eigenvalue weighted by Crippen LogP contribution is 2.75. The molecule has 10 heteroatoms. The maximum atomic E-state index is 14.3. The zero-order chi connectivity index (χ0) is 41.7. The first kappa shape index (κ1) is 42.8. The normalized spacial score (nSPS) is 31.7. The Balaban J connectivity index is 1.30. The number of ether oxygens (including phenoxy) is 1. The highest BCUT2D eigenvalue weighted by Gasteiger charge is 2.67. The van der Waals surface area contributed by atoms with E-state index in [4.69, 9.17) is 15.6 Å². The van der Waals surface area contributed by atoms with E-state index in [-0.39, 0.29) is 40.1 Å². The fourth-order valence-corrected chi connectivity index (χ4v) is 12.4. The minimum atomic E-state index is -1.17. The molecule has 1 aromatic heterocycles. The quantitative estimate of drug-likeness (QED) is 0.178. The number of fused-ring (bicyclic) bond motifs is 5. The van der Waals surface area contributed by atoms with E-state index in [0.29, 0.717) is 61.5 Å². The lowest BCUT2D eigenvalue weighted by atomic mass is 9.35. The van der Waals surface area contributed by atoms with Gasteiger partial charge in [0.2, 0.25) is 0 Å². The molecule has 3 fully saturated rings. The number of Topliss-reactive ketones (excluding diaryl/α,β-unsaturated/α-hetero) is 1. The first-order chi connectivity index (χ1) is 26.8. The molecule has 8 atom stereocenters. The van der Waals surface area contributed by atoms with Crippen molar-refractivity contribution in [3.8, 4) is 17.5 Å². The van der Waals surface area contributed by atoms with Crippen molar-refractivity contribution < 1.29 is 24.2 Å². The van der Waals surface area contributed by atoms with Gasteiger partial charge in [-0.1, -0.05) is 54.0 Å². The molecular weight excluding hydrogens is 715 g/mol. The molecule has 4 aliphatic rings. The molecule has 57 heavy (non-hydrogen) atoms. The number of ketones is 1. The minimum Gasteiger partial charge on any atom is -0.481 e. The molecule has 0 saturated heterocycles. The Hall–Kier alpha value is -3.84. The summed E-state index contributed by atoms with van der Waals surface area (Å²) in [5.74, 6) is 1.87. The first-order valence-electron chi connectivity index (χ1n) is 21.6. The fraction of sp³-hybridized carbons (Fsp3) is 0.702. The van der Waals surface area contributed by atoms with E-state index in [1.54, 1.807) is 26.0 Å². The van der Waals surface area contributed by atoms with Gasteiger partial charge in [0, 0.05) is 36.9 Å². The van der Waals surface area contributed by atoms with Crippen LogP contribution in [0.15, 0.2) is 35.4 Å². The van der Waals surface area contributed by atoms with Gasteiger partial charge in [-0.2, -0.15) is 5.26 Å². The number of benzene rings is 1. The van der Waals surface area contributed by atoms with E-state index in [1.165, 1.54) is 5.57 Å². The number of nitriles is 1. The lowest BCUT2D eigenvalue weighted by Crippen LogP contribution is -2.62. The molecule has 1 heterocycles. The van der Waals surface area contributed by atoms with E-state index < -0.39 is 17.4 Å². The Labute approximate surface area is 340 Å². The SMILES string of the molecule is CC[C@H](CC[C@@]1(C)[C@H](C)CC[C@]2(C)[C@@H]1CC[C@@H]1C3=C(C(C)C)C(=O)C[C@]3(Cc3nnc(-c4ccc(C#N)cc4)n3CCN)CC[C@]12C)OC(=O)CC(C)(C)C(=O)O. The number of hydrogen-bond acceptors (Lipinski definition) is 8. The number of carbonyl (C=O) groups excluding carboxylic acids is 2. The van der Waals surface area contributed by atoms with E-state index in [2.05, 4.69) is 57.3 Å². The molecule has 0 aliphatic heterocycles. The third kappa shape index (κ3) is 7.29. The zero-order valence-corrected chi connectivity index (χ0v) is 36.0. The molecule has 0 unspecified atom stereocenters. The Morgan fingerprint density at radius 2 is 1.77 bits per heavy atom. The second-order valence-corrected chi connectivity index (χ2v) is 20.0. The average Bonchev–Trinajstić information content (AvgIpc) is 3.69. The van der Waals surface area contributed by atoms with Gasteiger partial charge in [0.25, 0.3) is 0 Å². The minimum absolute atomic E-state index is 0.00146. The molecule has 3 N–H and O–H groups in total. The molecule has 4 aliphatic carbocycles. The van der Waals surface area contributed by atoms with Gasteiger partial charge in [0.1, 0.15) is 11.9 Å².